The van der Waals surface area contributed by atoms with Crippen LogP contribution in [0.1, 0.15) is 10.4 Å². The van der Waals surface area contributed by atoms with Crippen molar-refractivity contribution < 1.29 is 13.2 Å². The molecule has 0 aromatic heterocycles. The highest BCUT2D eigenvalue weighted by molar-refractivity contribution is 7.99. The van der Waals surface area contributed by atoms with Gasteiger partial charge in [-0.25, -0.2) is 8.42 Å². The number of carbonyl (C=O) groups is 1. The van der Waals surface area contributed by atoms with Crippen LogP contribution in [0.4, 0.5) is 5.69 Å². The predicted octanol–water partition coefficient (Wildman–Crippen LogP) is 3.81. The first kappa shape index (κ1) is 21.3. The first-order valence-electron chi connectivity index (χ1n) is 8.16. The van der Waals surface area contributed by atoms with Crippen molar-refractivity contribution in [3.05, 3.63) is 71.8 Å². The Morgan fingerprint density at radius 1 is 1.19 bits per heavy atom. The van der Waals surface area contributed by atoms with Crippen LogP contribution in [-0.2, 0) is 10.0 Å². The summed E-state index contributed by atoms with van der Waals surface area (Å²) in [5, 5.41) is 3.54. The molecule has 0 saturated carbocycles. The molecule has 0 radical (unpaired) electrons. The van der Waals surface area contributed by atoms with Crippen LogP contribution < -0.4 is 9.62 Å². The van der Waals surface area contributed by atoms with Gasteiger partial charge in [0.05, 0.1) is 18.5 Å². The number of amides is 1. The van der Waals surface area contributed by atoms with Crippen molar-refractivity contribution in [2.45, 2.75) is 4.90 Å². The molecule has 0 spiro atoms. The van der Waals surface area contributed by atoms with Crippen LogP contribution in [0.2, 0.25) is 5.02 Å². The highest BCUT2D eigenvalue weighted by Crippen LogP contribution is 2.20. The molecule has 0 saturated heterocycles. The number of halogens is 1. The topological polar surface area (TPSA) is 66.5 Å². The van der Waals surface area contributed by atoms with Gasteiger partial charge >= 0.3 is 0 Å². The van der Waals surface area contributed by atoms with E-state index in [9.17, 15) is 13.2 Å². The molecule has 0 unspecified atom stereocenters. The average molecular weight is 425 g/mol. The third-order valence-electron chi connectivity index (χ3n) is 3.58. The number of hydrogen-bond acceptors (Lipinski definition) is 4. The molecule has 5 nitrogen and oxygen atoms in total. The van der Waals surface area contributed by atoms with Crippen LogP contribution in [-0.4, -0.2) is 39.4 Å². The summed E-state index contributed by atoms with van der Waals surface area (Å²) in [6.07, 6.45) is 2.65. The Morgan fingerprint density at radius 2 is 1.81 bits per heavy atom. The quantitative estimate of drug-likeness (QED) is 0.377. The van der Waals surface area contributed by atoms with Crippen LogP contribution in [0, 0.1) is 0 Å². The van der Waals surface area contributed by atoms with Gasteiger partial charge in [-0.2, -0.15) is 0 Å². The predicted molar refractivity (Wildman–Crippen MR) is 113 cm³/mol. The van der Waals surface area contributed by atoms with E-state index < -0.39 is 10.0 Å². The van der Waals surface area contributed by atoms with Crippen molar-refractivity contribution in [2.24, 2.45) is 0 Å². The van der Waals surface area contributed by atoms with Crippen molar-refractivity contribution in [3.8, 4) is 0 Å². The van der Waals surface area contributed by atoms with E-state index in [0.29, 0.717) is 22.8 Å². The lowest BCUT2D eigenvalue weighted by atomic mass is 10.2. The van der Waals surface area contributed by atoms with Gasteiger partial charge < -0.3 is 5.32 Å². The number of sulfonamides is 1. The van der Waals surface area contributed by atoms with Gasteiger partial charge in [-0.1, -0.05) is 17.7 Å². The molecule has 0 aliphatic heterocycles. The standard InChI is InChI=1S/C19H21ClN2O3S2/c1-3-13-22(27(2,24)25)17-8-4-15(5-9-17)19(23)21-12-14-26-18-10-6-16(20)7-11-18/h3-11H,1,12-14H2,2H3,(H,21,23). The SMILES string of the molecule is C=CCN(c1ccc(C(=O)NCCSc2ccc(Cl)cc2)cc1)S(C)(=O)=O. The minimum Gasteiger partial charge on any atom is -0.351 e. The molecule has 2 aromatic carbocycles. The summed E-state index contributed by atoms with van der Waals surface area (Å²) in [5.74, 6) is 0.528. The van der Waals surface area contributed by atoms with Gasteiger partial charge in [0.15, 0.2) is 0 Å². The van der Waals surface area contributed by atoms with Crippen LogP contribution in [0.15, 0.2) is 66.1 Å². The first-order chi connectivity index (χ1) is 12.8. The zero-order chi connectivity index (χ0) is 19.9. The van der Waals surface area contributed by atoms with Gasteiger partial charge in [-0.3, -0.25) is 9.10 Å². The molecule has 1 amide bonds. The van der Waals surface area contributed by atoms with Crippen molar-refractivity contribution in [1.29, 1.82) is 0 Å². The lowest BCUT2D eigenvalue weighted by molar-refractivity contribution is 0.0956. The Hall–Kier alpha value is -1.96. The second kappa shape index (κ2) is 9.82. The molecular formula is C19H21ClN2O3S2. The third-order valence-corrected chi connectivity index (χ3v) is 6.01. The molecule has 144 valence electrons. The lowest BCUT2D eigenvalue weighted by Crippen LogP contribution is -2.30. The maximum atomic E-state index is 12.2. The van der Waals surface area contributed by atoms with E-state index in [1.54, 1.807) is 36.0 Å². The van der Waals surface area contributed by atoms with E-state index >= 15 is 0 Å². The van der Waals surface area contributed by atoms with Crippen molar-refractivity contribution in [1.82, 2.24) is 5.32 Å². The van der Waals surface area contributed by atoms with Gasteiger partial charge in [0.2, 0.25) is 10.0 Å². The minimum absolute atomic E-state index is 0.173. The zero-order valence-corrected chi connectivity index (χ0v) is 17.3. The fraction of sp³-hybridized carbons (Fsp3) is 0.211. The second-order valence-corrected chi connectivity index (χ2v) is 9.20. The number of benzene rings is 2. The first-order valence-corrected chi connectivity index (χ1v) is 11.4. The summed E-state index contributed by atoms with van der Waals surface area (Å²) in [4.78, 5) is 13.3. The number of carbonyl (C=O) groups excluding carboxylic acids is 1. The van der Waals surface area contributed by atoms with Crippen LogP contribution >= 0.6 is 23.4 Å². The molecule has 0 atom stereocenters. The zero-order valence-electron chi connectivity index (χ0n) is 14.9. The summed E-state index contributed by atoms with van der Waals surface area (Å²) in [5.41, 5.74) is 0.967. The number of anilines is 1. The Balaban J connectivity index is 1.89. The molecule has 1 N–H and O–H groups in total. The lowest BCUT2D eigenvalue weighted by Gasteiger charge is -2.20. The molecule has 27 heavy (non-hydrogen) atoms. The Bertz CT molecular complexity index is 882. The largest absolute Gasteiger partial charge is 0.351 e. The Morgan fingerprint density at radius 3 is 2.37 bits per heavy atom. The van der Waals surface area contributed by atoms with E-state index in [1.807, 2.05) is 24.3 Å². The molecule has 0 bridgehead atoms. The van der Waals surface area contributed by atoms with Gasteiger partial charge in [-0.05, 0) is 48.5 Å². The van der Waals surface area contributed by atoms with E-state index in [2.05, 4.69) is 11.9 Å². The molecule has 0 aliphatic rings. The van der Waals surface area contributed by atoms with Crippen LogP contribution in [0.5, 0.6) is 0 Å². The molecule has 2 aromatic rings. The molecular weight excluding hydrogens is 404 g/mol. The fourth-order valence-electron chi connectivity index (χ4n) is 2.29. The average Bonchev–Trinajstić information content (AvgIpc) is 2.64. The van der Waals surface area contributed by atoms with Crippen LogP contribution in [0.3, 0.4) is 0 Å². The van der Waals surface area contributed by atoms with E-state index in [-0.39, 0.29) is 12.5 Å². The monoisotopic (exact) mass is 424 g/mol. The molecule has 0 heterocycles. The third kappa shape index (κ3) is 6.61. The number of thioether (sulfide) groups is 1. The van der Waals surface area contributed by atoms with Gasteiger partial charge in [-0.15, -0.1) is 18.3 Å². The summed E-state index contributed by atoms with van der Waals surface area (Å²) < 4.78 is 24.9. The van der Waals surface area contributed by atoms with Gasteiger partial charge in [0.25, 0.3) is 5.91 Å². The molecule has 0 fully saturated rings. The highest BCUT2D eigenvalue weighted by atomic mass is 35.5. The number of nitrogens with one attached hydrogen (secondary N) is 1. The van der Waals surface area contributed by atoms with E-state index in [0.717, 1.165) is 16.9 Å². The normalized spacial score (nSPS) is 11.0. The maximum absolute atomic E-state index is 12.2. The number of nitrogens with zero attached hydrogens (tertiary/aromatic N) is 1. The van der Waals surface area contributed by atoms with E-state index in [1.165, 1.54) is 10.4 Å². The van der Waals surface area contributed by atoms with Crippen molar-refractivity contribution in [3.63, 3.8) is 0 Å². The fourth-order valence-corrected chi connectivity index (χ4v) is 4.07. The van der Waals surface area contributed by atoms with Crippen molar-refractivity contribution >= 4 is 45.0 Å². The second-order valence-electron chi connectivity index (χ2n) is 5.69. The maximum Gasteiger partial charge on any atom is 0.251 e. The van der Waals surface area contributed by atoms with Gasteiger partial charge in [0, 0.05) is 27.8 Å². The minimum atomic E-state index is -3.41. The summed E-state index contributed by atoms with van der Waals surface area (Å²) in [6, 6.07) is 14.0. The highest BCUT2D eigenvalue weighted by Gasteiger charge is 2.16. The number of hydrogen-bond donors (Lipinski definition) is 1. The Labute approximate surface area is 169 Å². The van der Waals surface area contributed by atoms with Crippen molar-refractivity contribution in [2.75, 3.05) is 29.4 Å². The summed E-state index contributed by atoms with van der Waals surface area (Å²) >= 11 is 7.47. The number of rotatable bonds is 9. The summed E-state index contributed by atoms with van der Waals surface area (Å²) in [7, 11) is -3.41. The molecule has 0 aliphatic carbocycles. The Kier molecular flexibility index (Phi) is 7.77. The summed E-state index contributed by atoms with van der Waals surface area (Å²) in [6.45, 7) is 4.26. The smallest absolute Gasteiger partial charge is 0.251 e. The van der Waals surface area contributed by atoms with E-state index in [4.69, 9.17) is 11.6 Å². The van der Waals surface area contributed by atoms with Gasteiger partial charge in [0.1, 0.15) is 0 Å². The molecule has 8 heteroatoms. The molecule has 2 rings (SSSR count). The van der Waals surface area contributed by atoms with Crippen LogP contribution in [0.25, 0.3) is 0 Å².